The highest BCUT2D eigenvalue weighted by Crippen LogP contribution is 2.25. The van der Waals surface area contributed by atoms with Crippen LogP contribution in [0.2, 0.25) is 0 Å². The minimum Gasteiger partial charge on any atom is -0.396 e. The van der Waals surface area contributed by atoms with Crippen LogP contribution < -0.4 is 10.2 Å². The van der Waals surface area contributed by atoms with Crippen LogP contribution in [-0.2, 0) is 0 Å². The Kier molecular flexibility index (Phi) is 5.56. The number of nitrogens with one attached hydrogen (secondary N) is 1. The molecule has 1 amide bonds. The highest BCUT2D eigenvalue weighted by atomic mass is 16.3. The lowest BCUT2D eigenvalue weighted by atomic mass is 10.1. The van der Waals surface area contributed by atoms with E-state index in [0.29, 0.717) is 11.5 Å². The van der Waals surface area contributed by atoms with Crippen LogP contribution in [0.15, 0.2) is 18.3 Å². The molecule has 116 valence electrons. The first-order chi connectivity index (χ1) is 10.2. The molecule has 5 heteroatoms. The maximum Gasteiger partial charge on any atom is 0.253 e. The van der Waals surface area contributed by atoms with Crippen molar-refractivity contribution in [1.29, 1.82) is 0 Å². The molecule has 1 aromatic rings. The van der Waals surface area contributed by atoms with Gasteiger partial charge in [-0.1, -0.05) is 0 Å². The summed E-state index contributed by atoms with van der Waals surface area (Å²) in [5.41, 5.74) is 0.596. The number of nitrogens with zero attached hydrogens (tertiary/aromatic N) is 2. The Balaban J connectivity index is 1.94. The average molecular weight is 291 g/mol. The third-order valence-corrected chi connectivity index (χ3v) is 4.23. The van der Waals surface area contributed by atoms with Gasteiger partial charge in [0.1, 0.15) is 5.82 Å². The topological polar surface area (TPSA) is 65.5 Å². The van der Waals surface area contributed by atoms with Gasteiger partial charge in [0, 0.05) is 31.9 Å². The molecule has 0 aliphatic heterocycles. The van der Waals surface area contributed by atoms with Gasteiger partial charge in [-0.05, 0) is 51.2 Å². The maximum atomic E-state index is 12.2. The molecule has 1 saturated carbocycles. The summed E-state index contributed by atoms with van der Waals surface area (Å²) in [6.07, 6.45) is 4.44. The van der Waals surface area contributed by atoms with Crippen molar-refractivity contribution in [2.75, 3.05) is 24.6 Å². The van der Waals surface area contributed by atoms with Crippen LogP contribution in [0.25, 0.3) is 0 Å². The van der Waals surface area contributed by atoms with E-state index in [2.05, 4.69) is 29.0 Å². The van der Waals surface area contributed by atoms with Crippen LogP contribution >= 0.6 is 0 Å². The number of rotatable bonds is 6. The summed E-state index contributed by atoms with van der Waals surface area (Å²) in [5, 5.41) is 12.2. The van der Waals surface area contributed by atoms with Crippen LogP contribution in [0.1, 0.15) is 43.5 Å². The summed E-state index contributed by atoms with van der Waals surface area (Å²) >= 11 is 0. The predicted molar refractivity (Wildman–Crippen MR) is 83.5 cm³/mol. The normalized spacial score (nSPS) is 21.3. The molecule has 1 aliphatic rings. The lowest BCUT2D eigenvalue weighted by molar-refractivity contribution is 0.0935. The van der Waals surface area contributed by atoms with Gasteiger partial charge in [0.05, 0.1) is 5.56 Å². The maximum absolute atomic E-state index is 12.2. The van der Waals surface area contributed by atoms with Gasteiger partial charge in [-0.2, -0.15) is 0 Å². The van der Waals surface area contributed by atoms with Crippen LogP contribution in [-0.4, -0.2) is 41.7 Å². The molecule has 2 atom stereocenters. The standard InChI is InChI=1S/C16H25N3O2/c1-3-19(4-2)15-8-6-13(10-17-15)16(21)18-14-7-5-12(9-14)11-20/h6,8,10,12,14,20H,3-5,7,9,11H2,1-2H3,(H,18,21)/t12-,14+/m1/s1. The van der Waals surface area contributed by atoms with E-state index in [4.69, 9.17) is 5.11 Å². The molecule has 0 saturated heterocycles. The highest BCUT2D eigenvalue weighted by molar-refractivity contribution is 5.94. The van der Waals surface area contributed by atoms with Crippen LogP contribution in [0.5, 0.6) is 0 Å². The number of carbonyl (C=O) groups is 1. The van der Waals surface area contributed by atoms with Crippen molar-refractivity contribution < 1.29 is 9.90 Å². The molecule has 5 nitrogen and oxygen atoms in total. The van der Waals surface area contributed by atoms with Crippen molar-refractivity contribution in [3.8, 4) is 0 Å². The quantitative estimate of drug-likeness (QED) is 0.839. The number of hydrogen-bond donors (Lipinski definition) is 2. The minimum absolute atomic E-state index is 0.0720. The van der Waals surface area contributed by atoms with E-state index < -0.39 is 0 Å². The monoisotopic (exact) mass is 291 g/mol. The van der Waals surface area contributed by atoms with Gasteiger partial charge in [-0.25, -0.2) is 4.98 Å². The van der Waals surface area contributed by atoms with Crippen molar-refractivity contribution in [2.45, 2.75) is 39.2 Å². The summed E-state index contributed by atoms with van der Waals surface area (Å²) in [7, 11) is 0. The molecule has 1 aromatic heterocycles. The minimum atomic E-state index is -0.0720. The summed E-state index contributed by atoms with van der Waals surface area (Å²) in [6.45, 7) is 6.19. The molecule has 1 fully saturated rings. The number of pyridine rings is 1. The van der Waals surface area contributed by atoms with Crippen molar-refractivity contribution >= 4 is 11.7 Å². The number of aliphatic hydroxyl groups is 1. The lowest BCUT2D eigenvalue weighted by Gasteiger charge is -2.19. The van der Waals surface area contributed by atoms with E-state index in [1.165, 1.54) is 0 Å². The lowest BCUT2D eigenvalue weighted by Crippen LogP contribution is -2.33. The Bertz CT molecular complexity index is 457. The molecular formula is C16H25N3O2. The number of aromatic nitrogens is 1. The summed E-state index contributed by atoms with van der Waals surface area (Å²) in [6, 6.07) is 3.90. The predicted octanol–water partition coefficient (Wildman–Crippen LogP) is 1.82. The zero-order chi connectivity index (χ0) is 15.2. The first kappa shape index (κ1) is 15.8. The molecular weight excluding hydrogens is 266 g/mol. The van der Waals surface area contributed by atoms with Crippen LogP contribution in [0, 0.1) is 5.92 Å². The Hall–Kier alpha value is -1.62. The van der Waals surface area contributed by atoms with E-state index in [-0.39, 0.29) is 18.6 Å². The van der Waals surface area contributed by atoms with Crippen molar-refractivity contribution in [1.82, 2.24) is 10.3 Å². The molecule has 1 aliphatic carbocycles. The molecule has 2 rings (SSSR count). The molecule has 21 heavy (non-hydrogen) atoms. The molecule has 1 heterocycles. The second kappa shape index (κ2) is 7.41. The van der Waals surface area contributed by atoms with Crippen LogP contribution in [0.4, 0.5) is 5.82 Å². The number of carbonyl (C=O) groups excluding carboxylic acids is 1. The second-order valence-electron chi connectivity index (χ2n) is 5.61. The number of anilines is 1. The van der Waals surface area contributed by atoms with Crippen molar-refractivity contribution in [3.05, 3.63) is 23.9 Å². The number of aliphatic hydroxyl groups excluding tert-OH is 1. The molecule has 0 spiro atoms. The summed E-state index contributed by atoms with van der Waals surface area (Å²) in [4.78, 5) is 18.7. The van der Waals surface area contributed by atoms with Gasteiger partial charge in [-0.3, -0.25) is 4.79 Å². The number of amides is 1. The fraction of sp³-hybridized carbons (Fsp3) is 0.625. The average Bonchev–Trinajstić information content (AvgIpc) is 2.97. The van der Waals surface area contributed by atoms with Crippen molar-refractivity contribution in [3.63, 3.8) is 0 Å². The van der Waals surface area contributed by atoms with Gasteiger partial charge in [-0.15, -0.1) is 0 Å². The van der Waals surface area contributed by atoms with E-state index in [0.717, 1.165) is 38.2 Å². The van der Waals surface area contributed by atoms with E-state index in [1.54, 1.807) is 6.20 Å². The van der Waals surface area contributed by atoms with Crippen LogP contribution in [0.3, 0.4) is 0 Å². The van der Waals surface area contributed by atoms with Gasteiger partial charge >= 0.3 is 0 Å². The smallest absolute Gasteiger partial charge is 0.253 e. The van der Waals surface area contributed by atoms with E-state index in [9.17, 15) is 4.79 Å². The SMILES string of the molecule is CCN(CC)c1ccc(C(=O)N[C@H]2CC[C@@H](CO)C2)cn1. The van der Waals surface area contributed by atoms with Gasteiger partial charge in [0.25, 0.3) is 5.91 Å². The Labute approximate surface area is 126 Å². The van der Waals surface area contributed by atoms with Gasteiger partial charge in [0.2, 0.25) is 0 Å². The van der Waals surface area contributed by atoms with E-state index in [1.807, 2.05) is 12.1 Å². The Morgan fingerprint density at radius 3 is 2.67 bits per heavy atom. The molecule has 0 aromatic carbocycles. The molecule has 0 unspecified atom stereocenters. The fourth-order valence-corrected chi connectivity index (χ4v) is 2.90. The second-order valence-corrected chi connectivity index (χ2v) is 5.61. The zero-order valence-electron chi connectivity index (χ0n) is 12.9. The Morgan fingerprint density at radius 2 is 2.14 bits per heavy atom. The molecule has 2 N–H and O–H groups in total. The molecule has 0 bridgehead atoms. The first-order valence-electron chi connectivity index (χ1n) is 7.80. The fourth-order valence-electron chi connectivity index (χ4n) is 2.90. The largest absolute Gasteiger partial charge is 0.396 e. The Morgan fingerprint density at radius 1 is 1.38 bits per heavy atom. The zero-order valence-corrected chi connectivity index (χ0v) is 12.9. The third kappa shape index (κ3) is 3.94. The van der Waals surface area contributed by atoms with Gasteiger partial charge in [0.15, 0.2) is 0 Å². The first-order valence-corrected chi connectivity index (χ1v) is 7.80. The van der Waals surface area contributed by atoms with E-state index >= 15 is 0 Å². The summed E-state index contributed by atoms with van der Waals surface area (Å²) < 4.78 is 0. The van der Waals surface area contributed by atoms with Crippen molar-refractivity contribution in [2.24, 2.45) is 5.92 Å². The molecule has 0 radical (unpaired) electrons. The summed E-state index contributed by atoms with van der Waals surface area (Å²) in [5.74, 6) is 1.16. The number of hydrogen-bond acceptors (Lipinski definition) is 4. The highest BCUT2D eigenvalue weighted by Gasteiger charge is 2.25. The van der Waals surface area contributed by atoms with Gasteiger partial charge < -0.3 is 15.3 Å². The third-order valence-electron chi connectivity index (χ3n) is 4.23.